The first kappa shape index (κ1) is 10.7. The van der Waals surface area contributed by atoms with Gasteiger partial charge in [-0.3, -0.25) is 5.01 Å². The fraction of sp³-hybridized carbons (Fsp3) is 0.364. The van der Waals surface area contributed by atoms with E-state index in [0.29, 0.717) is 6.54 Å². The zero-order chi connectivity index (χ0) is 10.2. The number of hydrogen-bond acceptors (Lipinski definition) is 3. The van der Waals surface area contributed by atoms with Crippen LogP contribution in [0.15, 0.2) is 35.4 Å². The predicted octanol–water partition coefficient (Wildman–Crippen LogP) is 1.49. The fourth-order valence-electron chi connectivity index (χ4n) is 1.25. The molecule has 0 aliphatic rings. The third kappa shape index (κ3) is 3.58. The van der Waals surface area contributed by atoms with Crippen molar-refractivity contribution in [2.75, 3.05) is 13.2 Å². The molecule has 14 heavy (non-hydrogen) atoms. The third-order valence-corrected chi connectivity index (χ3v) is 1.84. The van der Waals surface area contributed by atoms with E-state index in [0.717, 1.165) is 6.54 Å². The van der Waals surface area contributed by atoms with Gasteiger partial charge in [-0.2, -0.15) is 5.10 Å². The van der Waals surface area contributed by atoms with Gasteiger partial charge in [0.15, 0.2) is 0 Å². The predicted molar refractivity (Wildman–Crippen MR) is 58.1 cm³/mol. The second-order valence-electron chi connectivity index (χ2n) is 2.97. The number of hydrazone groups is 1. The Morgan fingerprint density at radius 3 is 2.64 bits per heavy atom. The van der Waals surface area contributed by atoms with Crippen molar-refractivity contribution in [3.63, 3.8) is 0 Å². The van der Waals surface area contributed by atoms with E-state index in [1.54, 1.807) is 6.21 Å². The second kappa shape index (κ2) is 6.16. The van der Waals surface area contributed by atoms with Crippen molar-refractivity contribution >= 4 is 6.21 Å². The Kier molecular flexibility index (Phi) is 4.72. The summed E-state index contributed by atoms with van der Waals surface area (Å²) >= 11 is 0. The largest absolute Gasteiger partial charge is 0.394 e. The fourth-order valence-corrected chi connectivity index (χ4v) is 1.25. The molecule has 1 aromatic rings. The van der Waals surface area contributed by atoms with Crippen LogP contribution in [0.5, 0.6) is 0 Å². The first-order chi connectivity index (χ1) is 6.86. The summed E-state index contributed by atoms with van der Waals surface area (Å²) in [4.78, 5) is 0. The minimum Gasteiger partial charge on any atom is -0.394 e. The molecule has 0 aromatic heterocycles. The topological polar surface area (TPSA) is 35.8 Å². The van der Waals surface area contributed by atoms with E-state index in [1.807, 2.05) is 30.1 Å². The van der Waals surface area contributed by atoms with E-state index in [1.165, 1.54) is 5.56 Å². The summed E-state index contributed by atoms with van der Waals surface area (Å²) in [5.41, 5.74) is 1.20. The Morgan fingerprint density at radius 1 is 1.36 bits per heavy atom. The zero-order valence-electron chi connectivity index (χ0n) is 8.43. The minimum absolute atomic E-state index is 0.129. The minimum atomic E-state index is 0.129. The Labute approximate surface area is 84.7 Å². The van der Waals surface area contributed by atoms with Crippen LogP contribution in [0.3, 0.4) is 0 Å². The van der Waals surface area contributed by atoms with Gasteiger partial charge in [0.1, 0.15) is 0 Å². The van der Waals surface area contributed by atoms with Gasteiger partial charge < -0.3 is 5.11 Å². The van der Waals surface area contributed by atoms with E-state index in [4.69, 9.17) is 5.11 Å². The van der Waals surface area contributed by atoms with Crippen molar-refractivity contribution in [2.45, 2.75) is 13.5 Å². The highest BCUT2D eigenvalue weighted by Gasteiger charge is 1.99. The molecule has 0 saturated carbocycles. The van der Waals surface area contributed by atoms with E-state index < -0.39 is 0 Å². The van der Waals surface area contributed by atoms with E-state index in [9.17, 15) is 0 Å². The van der Waals surface area contributed by atoms with Crippen LogP contribution >= 0.6 is 0 Å². The normalized spacial score (nSPS) is 10.7. The third-order valence-electron chi connectivity index (χ3n) is 1.84. The number of nitrogens with zero attached hydrogens (tertiary/aromatic N) is 2. The molecule has 3 heteroatoms. The molecule has 3 nitrogen and oxygen atoms in total. The van der Waals surface area contributed by atoms with E-state index in [2.05, 4.69) is 17.2 Å². The standard InChI is InChI=1S/C11H16N2O/c1-2-12-13(8-9-14)10-11-6-4-3-5-7-11/h2-7,14H,8-10H2,1H3. The lowest BCUT2D eigenvalue weighted by atomic mass is 10.2. The maximum Gasteiger partial charge on any atom is 0.0623 e. The van der Waals surface area contributed by atoms with Gasteiger partial charge in [0.05, 0.1) is 19.7 Å². The lowest BCUT2D eigenvalue weighted by Gasteiger charge is -2.17. The SMILES string of the molecule is CC=NN(CCO)Cc1ccccc1. The number of benzene rings is 1. The number of hydrogen-bond donors (Lipinski definition) is 1. The highest BCUT2D eigenvalue weighted by molar-refractivity contribution is 5.52. The highest BCUT2D eigenvalue weighted by Crippen LogP contribution is 2.03. The molecule has 1 rings (SSSR count). The Bertz CT molecular complexity index is 272. The number of rotatable bonds is 5. The van der Waals surface area contributed by atoms with Crippen molar-refractivity contribution in [2.24, 2.45) is 5.10 Å². The molecule has 0 aliphatic heterocycles. The van der Waals surface area contributed by atoms with Gasteiger partial charge in [0, 0.05) is 6.21 Å². The van der Waals surface area contributed by atoms with Gasteiger partial charge >= 0.3 is 0 Å². The molecule has 76 valence electrons. The van der Waals surface area contributed by atoms with Crippen molar-refractivity contribution in [1.82, 2.24) is 5.01 Å². The van der Waals surface area contributed by atoms with Gasteiger partial charge in [-0.1, -0.05) is 30.3 Å². The summed E-state index contributed by atoms with van der Waals surface area (Å²) in [7, 11) is 0. The molecule has 0 saturated heterocycles. The molecule has 0 aliphatic carbocycles. The molecule has 0 unspecified atom stereocenters. The molecular formula is C11H16N2O. The monoisotopic (exact) mass is 192 g/mol. The molecule has 0 bridgehead atoms. The molecule has 0 radical (unpaired) electrons. The number of aliphatic hydroxyl groups excluding tert-OH is 1. The first-order valence-corrected chi connectivity index (χ1v) is 4.75. The summed E-state index contributed by atoms with van der Waals surface area (Å²) in [5.74, 6) is 0. The molecule has 1 aromatic carbocycles. The van der Waals surface area contributed by atoms with Crippen LogP contribution in [-0.2, 0) is 6.54 Å². The van der Waals surface area contributed by atoms with Crippen molar-refractivity contribution in [3.8, 4) is 0 Å². The number of aliphatic hydroxyl groups is 1. The summed E-state index contributed by atoms with van der Waals surface area (Å²) in [6.07, 6.45) is 1.73. The summed E-state index contributed by atoms with van der Waals surface area (Å²) < 4.78 is 0. The van der Waals surface area contributed by atoms with E-state index in [-0.39, 0.29) is 6.61 Å². The molecule has 0 amide bonds. The lowest BCUT2D eigenvalue weighted by Crippen LogP contribution is -2.20. The van der Waals surface area contributed by atoms with Crippen LogP contribution in [0.1, 0.15) is 12.5 Å². The van der Waals surface area contributed by atoms with Crippen LogP contribution in [0.4, 0.5) is 0 Å². The first-order valence-electron chi connectivity index (χ1n) is 4.75. The maximum atomic E-state index is 8.83. The lowest BCUT2D eigenvalue weighted by molar-refractivity contribution is 0.196. The maximum absolute atomic E-state index is 8.83. The van der Waals surface area contributed by atoms with Gasteiger partial charge in [-0.15, -0.1) is 0 Å². The van der Waals surface area contributed by atoms with Gasteiger partial charge in [0.2, 0.25) is 0 Å². The Balaban J connectivity index is 2.55. The smallest absolute Gasteiger partial charge is 0.0623 e. The quantitative estimate of drug-likeness (QED) is 0.566. The Morgan fingerprint density at radius 2 is 2.07 bits per heavy atom. The molecule has 0 fully saturated rings. The van der Waals surface area contributed by atoms with Gasteiger partial charge in [0.25, 0.3) is 0 Å². The second-order valence-corrected chi connectivity index (χ2v) is 2.97. The van der Waals surface area contributed by atoms with Crippen LogP contribution < -0.4 is 0 Å². The molecule has 0 atom stereocenters. The molecule has 1 N–H and O–H groups in total. The van der Waals surface area contributed by atoms with Crippen molar-refractivity contribution in [3.05, 3.63) is 35.9 Å². The summed E-state index contributed by atoms with van der Waals surface area (Å²) in [6.45, 7) is 3.31. The Hall–Kier alpha value is -1.35. The zero-order valence-corrected chi connectivity index (χ0v) is 8.43. The average Bonchev–Trinajstić information content (AvgIpc) is 2.20. The van der Waals surface area contributed by atoms with Crippen LogP contribution in [0.25, 0.3) is 0 Å². The van der Waals surface area contributed by atoms with E-state index >= 15 is 0 Å². The summed E-state index contributed by atoms with van der Waals surface area (Å²) in [5, 5.41) is 14.8. The van der Waals surface area contributed by atoms with Gasteiger partial charge in [-0.25, -0.2) is 0 Å². The molecular weight excluding hydrogens is 176 g/mol. The van der Waals surface area contributed by atoms with Crippen molar-refractivity contribution < 1.29 is 5.11 Å². The van der Waals surface area contributed by atoms with Crippen molar-refractivity contribution in [1.29, 1.82) is 0 Å². The molecule has 0 heterocycles. The van der Waals surface area contributed by atoms with Crippen LogP contribution in [-0.4, -0.2) is 29.5 Å². The van der Waals surface area contributed by atoms with Crippen LogP contribution in [0.2, 0.25) is 0 Å². The van der Waals surface area contributed by atoms with Crippen LogP contribution in [0, 0.1) is 0 Å². The molecule has 0 spiro atoms. The highest BCUT2D eigenvalue weighted by atomic mass is 16.3. The van der Waals surface area contributed by atoms with Gasteiger partial charge in [-0.05, 0) is 12.5 Å². The average molecular weight is 192 g/mol. The summed E-state index contributed by atoms with van der Waals surface area (Å²) in [6, 6.07) is 10.1.